The number of thiocarbonyl (C=S) groups is 1. The molecule has 0 fully saturated rings. The largest absolute Gasteiger partial charge is 0.329 e. The van der Waals surface area contributed by atoms with Gasteiger partial charge in [0.25, 0.3) is 10.0 Å². The van der Waals surface area contributed by atoms with Gasteiger partial charge in [0, 0.05) is 6.20 Å². The summed E-state index contributed by atoms with van der Waals surface area (Å²) in [6.45, 7) is 0. The van der Waals surface area contributed by atoms with Crippen molar-refractivity contribution < 1.29 is 8.42 Å². The molecule has 1 aliphatic heterocycles. The number of aromatic nitrogens is 1. The zero-order chi connectivity index (χ0) is 9.47. The molecule has 0 aliphatic carbocycles. The van der Waals surface area contributed by atoms with Gasteiger partial charge in [0.1, 0.15) is 0 Å². The Morgan fingerprint density at radius 1 is 1.46 bits per heavy atom. The Bertz CT molecular complexity index is 469. The lowest BCUT2D eigenvalue weighted by molar-refractivity contribution is 0.588. The van der Waals surface area contributed by atoms with Crippen LogP contribution in [0.1, 0.15) is 0 Å². The van der Waals surface area contributed by atoms with Gasteiger partial charge in [0.2, 0.25) is 0 Å². The van der Waals surface area contributed by atoms with Gasteiger partial charge in [0.15, 0.2) is 10.1 Å². The van der Waals surface area contributed by atoms with Crippen LogP contribution in [0.2, 0.25) is 0 Å². The normalized spacial score (nSPS) is 18.3. The summed E-state index contributed by atoms with van der Waals surface area (Å²) in [5, 5.41) is 2.74. The number of rotatable bonds is 0. The van der Waals surface area contributed by atoms with Crippen molar-refractivity contribution >= 4 is 33.0 Å². The van der Waals surface area contributed by atoms with Crippen molar-refractivity contribution in [1.82, 2.24) is 9.71 Å². The Labute approximate surface area is 80.2 Å². The Balaban J connectivity index is 2.70. The molecule has 2 heterocycles. The highest BCUT2D eigenvalue weighted by Crippen LogP contribution is 2.20. The van der Waals surface area contributed by atoms with Crippen LogP contribution in [0.15, 0.2) is 23.4 Å². The predicted octanol–water partition coefficient (Wildman–Crippen LogP) is 0.0703. The second-order valence-corrected chi connectivity index (χ2v) is 4.42. The van der Waals surface area contributed by atoms with Gasteiger partial charge in [-0.25, -0.2) is 4.98 Å². The Morgan fingerprint density at radius 2 is 2.23 bits per heavy atom. The number of sulfonamides is 1. The van der Waals surface area contributed by atoms with Gasteiger partial charge in [-0.05, 0) is 24.4 Å². The minimum Gasteiger partial charge on any atom is -0.329 e. The van der Waals surface area contributed by atoms with E-state index in [4.69, 9.17) is 12.2 Å². The molecular weight excluding hydrogens is 210 g/mol. The average Bonchev–Trinajstić information content (AvgIpc) is 2.02. The molecule has 2 N–H and O–H groups in total. The van der Waals surface area contributed by atoms with E-state index in [1.54, 1.807) is 12.1 Å². The highest BCUT2D eigenvalue weighted by atomic mass is 32.2. The molecule has 0 atom stereocenters. The third kappa shape index (κ3) is 1.36. The number of anilines is 1. The molecule has 0 aromatic carbocycles. The molecule has 0 saturated carbocycles. The summed E-state index contributed by atoms with van der Waals surface area (Å²) in [6, 6.07) is 3.24. The number of nitrogens with one attached hydrogen (secondary N) is 2. The highest BCUT2D eigenvalue weighted by Gasteiger charge is 2.26. The summed E-state index contributed by atoms with van der Waals surface area (Å²) >= 11 is 4.70. The van der Waals surface area contributed by atoms with Crippen LogP contribution in [-0.4, -0.2) is 18.5 Å². The van der Waals surface area contributed by atoms with Crippen LogP contribution in [0.25, 0.3) is 0 Å². The summed E-state index contributed by atoms with van der Waals surface area (Å²) in [5.41, 5.74) is 0.409. The van der Waals surface area contributed by atoms with E-state index in [0.717, 1.165) is 0 Å². The second-order valence-electron chi connectivity index (χ2n) is 2.42. The van der Waals surface area contributed by atoms with Crippen LogP contribution in [0.4, 0.5) is 5.69 Å². The Kier molecular flexibility index (Phi) is 1.70. The lowest BCUT2D eigenvalue weighted by Gasteiger charge is -2.18. The average molecular weight is 215 g/mol. The summed E-state index contributed by atoms with van der Waals surface area (Å²) < 4.78 is 24.9. The van der Waals surface area contributed by atoms with Gasteiger partial charge in [-0.1, -0.05) is 0 Å². The molecule has 1 aromatic heterocycles. The molecular formula is C6H5N3O2S2. The maximum atomic E-state index is 11.4. The van der Waals surface area contributed by atoms with Crippen LogP contribution in [0.5, 0.6) is 0 Å². The minimum absolute atomic E-state index is 0.0244. The number of hydrogen-bond acceptors (Lipinski definition) is 4. The molecule has 5 nitrogen and oxygen atoms in total. The van der Waals surface area contributed by atoms with Crippen LogP contribution in [0.3, 0.4) is 0 Å². The maximum absolute atomic E-state index is 11.4. The SMILES string of the molecule is O=S1(=O)NC(=S)Nc2cccnc21. The van der Waals surface area contributed by atoms with Gasteiger partial charge >= 0.3 is 0 Å². The van der Waals surface area contributed by atoms with E-state index in [9.17, 15) is 8.42 Å². The van der Waals surface area contributed by atoms with Gasteiger partial charge in [-0.2, -0.15) is 8.42 Å². The fourth-order valence-corrected chi connectivity index (χ4v) is 2.46. The molecule has 0 radical (unpaired) electrons. The molecule has 1 aromatic rings. The fraction of sp³-hybridized carbons (Fsp3) is 0. The Morgan fingerprint density at radius 3 is 3.00 bits per heavy atom. The fourth-order valence-electron chi connectivity index (χ4n) is 1.02. The van der Waals surface area contributed by atoms with Crippen LogP contribution in [0, 0.1) is 0 Å². The van der Waals surface area contributed by atoms with Gasteiger partial charge in [-0.3, -0.25) is 4.72 Å². The zero-order valence-corrected chi connectivity index (χ0v) is 7.95. The first-order valence-corrected chi connectivity index (χ1v) is 5.27. The molecule has 0 saturated heterocycles. The lowest BCUT2D eigenvalue weighted by Crippen LogP contribution is -2.39. The quantitative estimate of drug-likeness (QED) is 0.599. The van der Waals surface area contributed by atoms with Crippen molar-refractivity contribution in [2.45, 2.75) is 5.03 Å². The topological polar surface area (TPSA) is 71.1 Å². The molecule has 7 heteroatoms. The van der Waals surface area contributed by atoms with Gasteiger partial charge in [0.05, 0.1) is 5.69 Å². The first-order chi connectivity index (χ1) is 6.09. The third-order valence-corrected chi connectivity index (χ3v) is 3.14. The number of pyridine rings is 1. The van der Waals surface area contributed by atoms with Crippen molar-refractivity contribution in [3.63, 3.8) is 0 Å². The standard InChI is InChI=1S/C6H5N3O2S2/c10-13(11)5-4(2-1-3-7-5)8-6(12)9-13/h1-3H,(H2,8,9,12). The minimum atomic E-state index is -3.56. The summed E-state index contributed by atoms with van der Waals surface area (Å²) in [5.74, 6) is 0. The number of fused-ring (bicyclic) bond motifs is 1. The number of nitrogens with zero attached hydrogens (tertiary/aromatic N) is 1. The molecule has 13 heavy (non-hydrogen) atoms. The molecule has 2 rings (SSSR count). The smallest absolute Gasteiger partial charge is 0.283 e. The second kappa shape index (κ2) is 2.64. The number of hydrogen-bond donors (Lipinski definition) is 2. The first-order valence-electron chi connectivity index (χ1n) is 3.38. The summed E-state index contributed by atoms with van der Waals surface area (Å²) in [4.78, 5) is 3.73. The molecule has 0 unspecified atom stereocenters. The van der Waals surface area contributed by atoms with E-state index < -0.39 is 10.0 Å². The molecule has 0 amide bonds. The van der Waals surface area contributed by atoms with Crippen LogP contribution in [-0.2, 0) is 10.0 Å². The molecule has 68 valence electrons. The van der Waals surface area contributed by atoms with Crippen LogP contribution < -0.4 is 10.0 Å². The van der Waals surface area contributed by atoms with Crippen molar-refractivity contribution in [2.75, 3.05) is 5.32 Å². The maximum Gasteiger partial charge on any atom is 0.283 e. The monoisotopic (exact) mass is 215 g/mol. The van der Waals surface area contributed by atoms with Crippen molar-refractivity contribution in [3.05, 3.63) is 18.3 Å². The summed E-state index contributed by atoms with van der Waals surface area (Å²) in [6.07, 6.45) is 1.41. The van der Waals surface area contributed by atoms with Crippen LogP contribution >= 0.6 is 12.2 Å². The van der Waals surface area contributed by atoms with E-state index in [1.165, 1.54) is 6.20 Å². The van der Waals surface area contributed by atoms with E-state index in [0.29, 0.717) is 5.69 Å². The van der Waals surface area contributed by atoms with Gasteiger partial charge in [-0.15, -0.1) is 0 Å². The zero-order valence-electron chi connectivity index (χ0n) is 6.31. The van der Waals surface area contributed by atoms with E-state index in [1.807, 2.05) is 0 Å². The highest BCUT2D eigenvalue weighted by molar-refractivity contribution is 7.92. The molecule has 0 spiro atoms. The van der Waals surface area contributed by atoms with E-state index in [-0.39, 0.29) is 10.1 Å². The van der Waals surface area contributed by atoms with Crippen molar-refractivity contribution in [3.8, 4) is 0 Å². The molecule has 0 bridgehead atoms. The predicted molar refractivity (Wildman–Crippen MR) is 50.8 cm³/mol. The first kappa shape index (κ1) is 8.39. The Hall–Kier alpha value is -1.21. The van der Waals surface area contributed by atoms with Gasteiger partial charge < -0.3 is 5.32 Å². The van der Waals surface area contributed by atoms with Crippen molar-refractivity contribution in [2.24, 2.45) is 0 Å². The van der Waals surface area contributed by atoms with Crippen molar-refractivity contribution in [1.29, 1.82) is 0 Å². The van der Waals surface area contributed by atoms with E-state index >= 15 is 0 Å². The summed E-state index contributed by atoms with van der Waals surface area (Å²) in [7, 11) is -3.56. The molecule has 1 aliphatic rings. The lowest BCUT2D eigenvalue weighted by atomic mass is 10.4. The third-order valence-electron chi connectivity index (χ3n) is 1.50. The van der Waals surface area contributed by atoms with E-state index in [2.05, 4.69) is 15.0 Å².